The summed E-state index contributed by atoms with van der Waals surface area (Å²) in [5, 5.41) is 0. The molecule has 0 saturated heterocycles. The summed E-state index contributed by atoms with van der Waals surface area (Å²) in [4.78, 5) is 0. The molecule has 96 valence electrons. The molecule has 0 radical (unpaired) electrons. The van der Waals surface area contributed by atoms with Crippen molar-refractivity contribution in [3.63, 3.8) is 0 Å². The maximum atomic E-state index is 13.7. The van der Waals surface area contributed by atoms with Crippen LogP contribution < -0.4 is 5.73 Å². The molecule has 17 heavy (non-hydrogen) atoms. The monoisotopic (exact) mass is 241 g/mol. The highest BCUT2D eigenvalue weighted by atomic mass is 19.3. The number of benzene rings is 1. The molecular weight excluding hydrogens is 220 g/mol. The number of alkyl halides is 2. The van der Waals surface area contributed by atoms with Crippen molar-refractivity contribution in [2.75, 3.05) is 6.54 Å². The van der Waals surface area contributed by atoms with Gasteiger partial charge >= 0.3 is 0 Å². The van der Waals surface area contributed by atoms with E-state index in [0.717, 1.165) is 12.0 Å². The molecule has 1 aromatic rings. The normalized spacial score (nSPS) is 13.7. The van der Waals surface area contributed by atoms with E-state index in [1.807, 2.05) is 13.0 Å². The average molecular weight is 241 g/mol. The Hall–Kier alpha value is -0.960. The van der Waals surface area contributed by atoms with Crippen LogP contribution in [0.3, 0.4) is 0 Å². The summed E-state index contributed by atoms with van der Waals surface area (Å²) in [6.45, 7) is 4.38. The fraction of sp³-hybridized carbons (Fsp3) is 0.571. The molecule has 1 atom stereocenters. The minimum absolute atomic E-state index is 0.0943. The van der Waals surface area contributed by atoms with Crippen molar-refractivity contribution in [1.82, 2.24) is 0 Å². The quantitative estimate of drug-likeness (QED) is 0.807. The molecule has 0 amide bonds. The van der Waals surface area contributed by atoms with Gasteiger partial charge in [-0.2, -0.15) is 0 Å². The van der Waals surface area contributed by atoms with Crippen molar-refractivity contribution in [1.29, 1.82) is 0 Å². The summed E-state index contributed by atoms with van der Waals surface area (Å²) < 4.78 is 27.5. The first kappa shape index (κ1) is 14.1. The van der Waals surface area contributed by atoms with E-state index < -0.39 is 5.92 Å². The second-order valence-corrected chi connectivity index (χ2v) is 4.70. The van der Waals surface area contributed by atoms with Crippen LogP contribution >= 0.6 is 0 Å². The van der Waals surface area contributed by atoms with Crippen molar-refractivity contribution in [3.8, 4) is 0 Å². The van der Waals surface area contributed by atoms with Crippen molar-refractivity contribution in [2.45, 2.75) is 39.0 Å². The molecule has 0 aliphatic carbocycles. The predicted molar refractivity (Wildman–Crippen MR) is 67.2 cm³/mol. The van der Waals surface area contributed by atoms with Crippen molar-refractivity contribution in [2.24, 2.45) is 11.7 Å². The first-order valence-corrected chi connectivity index (χ1v) is 6.17. The summed E-state index contributed by atoms with van der Waals surface area (Å²) in [5.41, 5.74) is 6.61. The molecule has 0 heterocycles. The lowest BCUT2D eigenvalue weighted by Gasteiger charge is -2.17. The Morgan fingerprint density at radius 3 is 2.65 bits per heavy atom. The van der Waals surface area contributed by atoms with E-state index in [1.165, 1.54) is 6.07 Å². The third-order valence-electron chi connectivity index (χ3n) is 2.90. The molecule has 0 spiro atoms. The van der Waals surface area contributed by atoms with Gasteiger partial charge in [-0.15, -0.1) is 0 Å². The second kappa shape index (κ2) is 6.10. The van der Waals surface area contributed by atoms with E-state index in [9.17, 15) is 8.78 Å². The molecule has 1 nitrogen and oxygen atoms in total. The van der Waals surface area contributed by atoms with Gasteiger partial charge in [0.05, 0.1) is 0 Å². The molecule has 0 bridgehead atoms. The van der Waals surface area contributed by atoms with E-state index in [0.29, 0.717) is 18.9 Å². The standard InChI is InChI=1S/C14H21F2N/c1-3-7-14(15,16)13-6-4-5-12(9-13)8-11(2)10-17/h4-6,9,11H,3,7-8,10,17H2,1-2H3. The van der Waals surface area contributed by atoms with Crippen molar-refractivity contribution >= 4 is 0 Å². The zero-order chi connectivity index (χ0) is 12.9. The minimum Gasteiger partial charge on any atom is -0.330 e. The fourth-order valence-corrected chi connectivity index (χ4v) is 1.87. The first-order chi connectivity index (χ1) is 7.99. The number of rotatable bonds is 6. The third-order valence-corrected chi connectivity index (χ3v) is 2.90. The van der Waals surface area contributed by atoms with Crippen LogP contribution in [-0.2, 0) is 12.3 Å². The summed E-state index contributed by atoms with van der Waals surface area (Å²) >= 11 is 0. The van der Waals surface area contributed by atoms with Gasteiger partial charge in [0.1, 0.15) is 0 Å². The van der Waals surface area contributed by atoms with Crippen LogP contribution in [-0.4, -0.2) is 6.54 Å². The molecular formula is C14H21F2N. The van der Waals surface area contributed by atoms with Gasteiger partial charge in [-0.3, -0.25) is 0 Å². The van der Waals surface area contributed by atoms with Crippen LogP contribution in [0.1, 0.15) is 37.8 Å². The predicted octanol–water partition coefficient (Wildman–Crippen LogP) is 3.72. The molecule has 0 fully saturated rings. The smallest absolute Gasteiger partial charge is 0.273 e. The van der Waals surface area contributed by atoms with Gasteiger partial charge in [0.2, 0.25) is 0 Å². The molecule has 1 unspecified atom stereocenters. The van der Waals surface area contributed by atoms with Crippen LogP contribution in [0, 0.1) is 5.92 Å². The number of hydrogen-bond donors (Lipinski definition) is 1. The summed E-state index contributed by atoms with van der Waals surface area (Å²) in [6, 6.07) is 6.71. The average Bonchev–Trinajstić information content (AvgIpc) is 2.29. The molecule has 0 saturated carbocycles. The lowest BCUT2D eigenvalue weighted by molar-refractivity contribution is -0.0141. The maximum Gasteiger partial charge on any atom is 0.273 e. The van der Waals surface area contributed by atoms with E-state index in [-0.39, 0.29) is 12.0 Å². The summed E-state index contributed by atoms with van der Waals surface area (Å²) in [7, 11) is 0. The van der Waals surface area contributed by atoms with Gasteiger partial charge < -0.3 is 5.73 Å². The summed E-state index contributed by atoms with van der Waals surface area (Å²) in [5.74, 6) is -2.39. The van der Waals surface area contributed by atoms with E-state index in [1.54, 1.807) is 19.1 Å². The van der Waals surface area contributed by atoms with Gasteiger partial charge in [0.15, 0.2) is 0 Å². The second-order valence-electron chi connectivity index (χ2n) is 4.70. The fourth-order valence-electron chi connectivity index (χ4n) is 1.87. The summed E-state index contributed by atoms with van der Waals surface area (Å²) in [6.07, 6.45) is 1.14. The highest BCUT2D eigenvalue weighted by molar-refractivity contribution is 5.27. The molecule has 1 rings (SSSR count). The van der Waals surface area contributed by atoms with Gasteiger partial charge in [-0.1, -0.05) is 38.5 Å². The maximum absolute atomic E-state index is 13.7. The van der Waals surface area contributed by atoms with Crippen molar-refractivity contribution < 1.29 is 8.78 Å². The highest BCUT2D eigenvalue weighted by Crippen LogP contribution is 2.33. The Morgan fingerprint density at radius 1 is 1.35 bits per heavy atom. The SMILES string of the molecule is CCCC(F)(F)c1cccc(CC(C)CN)c1. The van der Waals surface area contributed by atoms with Crippen molar-refractivity contribution in [3.05, 3.63) is 35.4 Å². The third kappa shape index (κ3) is 4.08. The largest absolute Gasteiger partial charge is 0.330 e. The Bertz CT molecular complexity index is 350. The van der Waals surface area contributed by atoms with E-state index >= 15 is 0 Å². The number of hydrogen-bond acceptors (Lipinski definition) is 1. The molecule has 1 aromatic carbocycles. The number of nitrogens with two attached hydrogens (primary N) is 1. The Kier molecular flexibility index (Phi) is 5.06. The van der Waals surface area contributed by atoms with Crippen LogP contribution in [0.25, 0.3) is 0 Å². The van der Waals surface area contributed by atoms with Crippen LogP contribution in [0.15, 0.2) is 24.3 Å². The number of halogens is 2. The Morgan fingerprint density at radius 2 is 2.06 bits per heavy atom. The van der Waals surface area contributed by atoms with Gasteiger partial charge in [-0.05, 0) is 30.5 Å². The molecule has 3 heteroatoms. The Balaban J connectivity index is 2.85. The zero-order valence-corrected chi connectivity index (χ0v) is 10.5. The molecule has 0 aromatic heterocycles. The lowest BCUT2D eigenvalue weighted by Crippen LogP contribution is -2.15. The van der Waals surface area contributed by atoms with Gasteiger partial charge in [0, 0.05) is 12.0 Å². The van der Waals surface area contributed by atoms with Crippen LogP contribution in [0.4, 0.5) is 8.78 Å². The molecule has 0 aliphatic heterocycles. The first-order valence-electron chi connectivity index (χ1n) is 6.17. The Labute approximate surface area is 102 Å². The van der Waals surface area contributed by atoms with E-state index in [2.05, 4.69) is 0 Å². The van der Waals surface area contributed by atoms with Crippen LogP contribution in [0.2, 0.25) is 0 Å². The van der Waals surface area contributed by atoms with E-state index in [4.69, 9.17) is 5.73 Å². The minimum atomic E-state index is -2.71. The topological polar surface area (TPSA) is 26.0 Å². The van der Waals surface area contributed by atoms with Crippen LogP contribution in [0.5, 0.6) is 0 Å². The van der Waals surface area contributed by atoms with Gasteiger partial charge in [-0.25, -0.2) is 8.78 Å². The van der Waals surface area contributed by atoms with Gasteiger partial charge in [0.25, 0.3) is 5.92 Å². The zero-order valence-electron chi connectivity index (χ0n) is 10.5. The highest BCUT2D eigenvalue weighted by Gasteiger charge is 2.30. The lowest BCUT2D eigenvalue weighted by atomic mass is 9.96. The molecule has 2 N–H and O–H groups in total. The molecule has 0 aliphatic rings.